The van der Waals surface area contributed by atoms with Crippen LogP contribution < -0.4 is 10.9 Å². The number of aromatic nitrogens is 3. The zero-order chi connectivity index (χ0) is 20.3. The van der Waals surface area contributed by atoms with E-state index in [9.17, 15) is 19.7 Å². The van der Waals surface area contributed by atoms with Gasteiger partial charge in [0, 0.05) is 30.1 Å². The number of nitrogens with one attached hydrogen (secondary N) is 1. The number of carbonyl (C=O) groups excluding carboxylic acids is 1. The number of anilines is 1. The molecule has 0 aliphatic carbocycles. The Morgan fingerprint density at radius 1 is 1.18 bits per heavy atom. The van der Waals surface area contributed by atoms with Crippen molar-refractivity contribution in [2.24, 2.45) is 0 Å². The zero-order valence-corrected chi connectivity index (χ0v) is 15.2. The van der Waals surface area contributed by atoms with E-state index in [0.29, 0.717) is 11.3 Å². The number of aryl methyl sites for hydroxylation is 1. The van der Waals surface area contributed by atoms with Crippen LogP contribution >= 0.6 is 0 Å². The van der Waals surface area contributed by atoms with Crippen molar-refractivity contribution in [2.75, 3.05) is 5.32 Å². The molecule has 0 bridgehead atoms. The lowest BCUT2D eigenvalue weighted by Crippen LogP contribution is -2.33. The van der Waals surface area contributed by atoms with Crippen molar-refractivity contribution in [1.29, 1.82) is 0 Å². The first-order valence-electron chi connectivity index (χ1n) is 8.43. The highest BCUT2D eigenvalue weighted by atomic mass is 16.6. The van der Waals surface area contributed by atoms with Crippen molar-refractivity contribution in [3.05, 3.63) is 80.9 Å². The summed E-state index contributed by atoms with van der Waals surface area (Å²) in [6.07, 6.45) is 3.19. The minimum Gasteiger partial charge on any atom is -0.318 e. The van der Waals surface area contributed by atoms with Crippen molar-refractivity contribution >= 4 is 17.3 Å². The Morgan fingerprint density at radius 2 is 1.89 bits per heavy atom. The van der Waals surface area contributed by atoms with Crippen LogP contribution in [0.2, 0.25) is 0 Å². The van der Waals surface area contributed by atoms with Gasteiger partial charge in [0.05, 0.1) is 10.6 Å². The van der Waals surface area contributed by atoms with Crippen LogP contribution in [0, 0.1) is 17.0 Å². The van der Waals surface area contributed by atoms with Crippen LogP contribution in [0.1, 0.15) is 18.5 Å². The number of amides is 1. The predicted molar refractivity (Wildman–Crippen MR) is 103 cm³/mol. The first-order valence-corrected chi connectivity index (χ1v) is 8.43. The zero-order valence-electron chi connectivity index (χ0n) is 15.2. The van der Waals surface area contributed by atoms with Gasteiger partial charge in [-0.05, 0) is 37.6 Å². The minimum atomic E-state index is -0.978. The van der Waals surface area contributed by atoms with Gasteiger partial charge in [0.15, 0.2) is 0 Å². The molecule has 0 spiro atoms. The maximum absolute atomic E-state index is 12.7. The first kappa shape index (κ1) is 18.9. The minimum absolute atomic E-state index is 0.0997. The van der Waals surface area contributed by atoms with E-state index in [4.69, 9.17) is 0 Å². The van der Waals surface area contributed by atoms with E-state index in [-0.39, 0.29) is 11.4 Å². The Hall–Kier alpha value is -3.88. The lowest BCUT2D eigenvalue weighted by molar-refractivity contribution is -0.384. The summed E-state index contributed by atoms with van der Waals surface area (Å²) < 4.78 is 1.05. The van der Waals surface area contributed by atoms with Gasteiger partial charge in [-0.25, -0.2) is 4.68 Å². The fourth-order valence-corrected chi connectivity index (χ4v) is 2.69. The van der Waals surface area contributed by atoms with E-state index in [0.717, 1.165) is 10.2 Å². The van der Waals surface area contributed by atoms with Crippen molar-refractivity contribution < 1.29 is 9.72 Å². The molecular weight excluding hydrogens is 362 g/mol. The number of hydrogen-bond acceptors (Lipinski definition) is 6. The average Bonchev–Trinajstić information content (AvgIpc) is 2.69. The van der Waals surface area contributed by atoms with Gasteiger partial charge in [-0.1, -0.05) is 12.1 Å². The Bertz CT molecular complexity index is 1090. The van der Waals surface area contributed by atoms with Gasteiger partial charge >= 0.3 is 0 Å². The summed E-state index contributed by atoms with van der Waals surface area (Å²) in [5.41, 5.74) is 1.21. The Kier molecular flexibility index (Phi) is 5.25. The number of carbonyl (C=O) groups is 1. The van der Waals surface area contributed by atoms with E-state index in [2.05, 4.69) is 15.4 Å². The van der Waals surface area contributed by atoms with Crippen molar-refractivity contribution in [2.45, 2.75) is 19.9 Å². The maximum Gasteiger partial charge on any atom is 0.293 e. The molecule has 2 heterocycles. The fraction of sp³-hybridized carbons (Fsp3) is 0.158. The third-order valence-corrected chi connectivity index (χ3v) is 4.24. The lowest BCUT2D eigenvalue weighted by Gasteiger charge is -2.16. The third-order valence-electron chi connectivity index (χ3n) is 4.24. The van der Waals surface area contributed by atoms with E-state index in [1.807, 2.05) is 0 Å². The molecule has 1 unspecified atom stereocenters. The van der Waals surface area contributed by atoms with Crippen LogP contribution in [0.15, 0.2) is 59.7 Å². The topological polar surface area (TPSA) is 120 Å². The maximum atomic E-state index is 12.7. The highest BCUT2D eigenvalue weighted by Crippen LogP contribution is 2.28. The Labute approximate surface area is 159 Å². The number of rotatable bonds is 5. The molecule has 2 aromatic heterocycles. The number of nitrogens with zero attached hydrogens (tertiary/aromatic N) is 4. The number of para-hydroxylation sites is 1. The molecule has 9 nitrogen and oxygen atoms in total. The largest absolute Gasteiger partial charge is 0.318 e. The molecule has 0 saturated heterocycles. The number of nitro benzene ring substituents is 1. The van der Waals surface area contributed by atoms with Gasteiger partial charge in [-0.15, -0.1) is 0 Å². The highest BCUT2D eigenvalue weighted by molar-refractivity contribution is 5.96. The van der Waals surface area contributed by atoms with Crippen molar-refractivity contribution in [3.63, 3.8) is 0 Å². The van der Waals surface area contributed by atoms with Crippen LogP contribution in [0.5, 0.6) is 0 Å². The molecule has 28 heavy (non-hydrogen) atoms. The number of pyridine rings is 1. The third kappa shape index (κ3) is 3.78. The normalized spacial score (nSPS) is 11.6. The smallest absolute Gasteiger partial charge is 0.293 e. The van der Waals surface area contributed by atoms with Gasteiger partial charge in [0.25, 0.3) is 11.2 Å². The summed E-state index contributed by atoms with van der Waals surface area (Å²) >= 11 is 0. The second-order valence-electron chi connectivity index (χ2n) is 6.13. The molecule has 142 valence electrons. The second kappa shape index (κ2) is 7.78. The lowest BCUT2D eigenvalue weighted by atomic mass is 10.1. The molecule has 9 heteroatoms. The highest BCUT2D eigenvalue weighted by Gasteiger charge is 2.23. The monoisotopic (exact) mass is 379 g/mol. The molecule has 1 aromatic carbocycles. The molecule has 0 fully saturated rings. The van der Waals surface area contributed by atoms with Crippen LogP contribution in [-0.4, -0.2) is 25.6 Å². The van der Waals surface area contributed by atoms with Gasteiger partial charge < -0.3 is 5.32 Å². The molecule has 1 atom stereocenters. The fourth-order valence-electron chi connectivity index (χ4n) is 2.69. The molecule has 0 aliphatic heterocycles. The average molecular weight is 379 g/mol. The molecule has 0 aliphatic rings. The number of hydrogen-bond donors (Lipinski definition) is 1. The van der Waals surface area contributed by atoms with E-state index < -0.39 is 22.4 Å². The molecule has 1 N–H and O–H groups in total. The van der Waals surface area contributed by atoms with Crippen LogP contribution in [-0.2, 0) is 4.79 Å². The number of nitro groups is 1. The summed E-state index contributed by atoms with van der Waals surface area (Å²) in [5, 5.41) is 18.1. The van der Waals surface area contributed by atoms with Crippen LogP contribution in [0.3, 0.4) is 0 Å². The van der Waals surface area contributed by atoms with Gasteiger partial charge in [0.2, 0.25) is 5.91 Å². The van der Waals surface area contributed by atoms with Gasteiger partial charge in [-0.2, -0.15) is 5.10 Å². The van der Waals surface area contributed by atoms with Gasteiger partial charge in [-0.3, -0.25) is 24.7 Å². The SMILES string of the molecule is Cc1cccc([N+](=O)[O-])c1NC(=O)C(C)n1nc(-c2ccncc2)ccc1=O. The summed E-state index contributed by atoms with van der Waals surface area (Å²) in [4.78, 5) is 39.5. The predicted octanol–water partition coefficient (Wildman–Crippen LogP) is 2.72. The van der Waals surface area contributed by atoms with Crippen molar-refractivity contribution in [3.8, 4) is 11.3 Å². The summed E-state index contributed by atoms with van der Waals surface area (Å²) in [6, 6.07) is 9.87. The second-order valence-corrected chi connectivity index (χ2v) is 6.13. The molecular formula is C19H17N5O4. The Balaban J connectivity index is 1.93. The molecule has 3 aromatic rings. The number of benzene rings is 1. The van der Waals surface area contributed by atoms with Gasteiger partial charge in [0.1, 0.15) is 11.7 Å². The first-order chi connectivity index (χ1) is 13.4. The summed E-state index contributed by atoms with van der Waals surface area (Å²) in [6.45, 7) is 3.16. The van der Waals surface area contributed by atoms with Crippen LogP contribution in [0.25, 0.3) is 11.3 Å². The molecule has 3 rings (SSSR count). The van der Waals surface area contributed by atoms with E-state index in [1.54, 1.807) is 43.6 Å². The summed E-state index contributed by atoms with van der Waals surface area (Å²) in [5.74, 6) is -0.584. The standard InChI is InChI=1S/C19H17N5O4/c1-12-4-3-5-16(24(27)28)18(12)21-19(26)13(2)23-17(25)7-6-15(22-23)14-8-10-20-11-9-14/h3-11,13H,1-2H3,(H,21,26). The molecule has 0 saturated carbocycles. The quantitative estimate of drug-likeness (QED) is 0.537. The van der Waals surface area contributed by atoms with E-state index in [1.165, 1.54) is 25.1 Å². The Morgan fingerprint density at radius 3 is 2.57 bits per heavy atom. The van der Waals surface area contributed by atoms with E-state index >= 15 is 0 Å². The van der Waals surface area contributed by atoms with Crippen LogP contribution in [0.4, 0.5) is 11.4 Å². The summed E-state index contributed by atoms with van der Waals surface area (Å²) in [7, 11) is 0. The molecule has 0 radical (unpaired) electrons. The molecule has 1 amide bonds. The van der Waals surface area contributed by atoms with Crippen molar-refractivity contribution in [1.82, 2.24) is 14.8 Å².